The maximum Gasteiger partial charge on any atom is 0.277 e. The molecule has 2 aromatic carbocycles. The zero-order chi connectivity index (χ0) is 20.8. The van der Waals surface area contributed by atoms with Crippen LogP contribution in [-0.4, -0.2) is 28.9 Å². The van der Waals surface area contributed by atoms with Gasteiger partial charge in [-0.3, -0.25) is 9.59 Å². The Kier molecular flexibility index (Phi) is 4.39. The first-order valence-corrected chi connectivity index (χ1v) is 10.3. The normalized spacial score (nSPS) is 19.5. The number of rotatable bonds is 2. The number of anilines is 2. The Bertz CT molecular complexity index is 1070. The van der Waals surface area contributed by atoms with Crippen LogP contribution in [0.3, 0.4) is 0 Å². The molecule has 0 saturated heterocycles. The second kappa shape index (κ2) is 7.10. The van der Waals surface area contributed by atoms with Crippen molar-refractivity contribution >= 4 is 23.2 Å². The molecule has 0 aliphatic carbocycles. The summed E-state index contributed by atoms with van der Waals surface area (Å²) in [5, 5.41) is 0. The lowest BCUT2D eigenvalue weighted by atomic mass is 10.1. The molecular formula is C25H23N3O2. The van der Waals surface area contributed by atoms with Gasteiger partial charge >= 0.3 is 0 Å². The van der Waals surface area contributed by atoms with Gasteiger partial charge in [-0.15, -0.1) is 0 Å². The smallest absolute Gasteiger partial charge is 0.277 e. The van der Waals surface area contributed by atoms with Crippen LogP contribution in [0.1, 0.15) is 46.0 Å². The van der Waals surface area contributed by atoms with Crippen molar-refractivity contribution in [2.75, 3.05) is 9.80 Å². The van der Waals surface area contributed by atoms with E-state index in [0.717, 1.165) is 35.3 Å². The maximum atomic E-state index is 13.3. The monoisotopic (exact) mass is 397 g/mol. The van der Waals surface area contributed by atoms with Crippen molar-refractivity contribution in [1.29, 1.82) is 0 Å². The molecule has 150 valence electrons. The van der Waals surface area contributed by atoms with Crippen LogP contribution in [0.15, 0.2) is 66.7 Å². The standard InChI is InChI=1S/C25H23N3O2/c1-16-14-18-8-3-5-12-22(18)27(16)24(29)20-10-7-11-21(26-20)25(30)28-17(2)15-19-9-4-6-13-23(19)28/h3-13,16-17H,14-15H2,1-2H3/t16-,17+. The lowest BCUT2D eigenvalue weighted by Gasteiger charge is -2.24. The van der Waals surface area contributed by atoms with Crippen LogP contribution in [-0.2, 0) is 12.8 Å². The van der Waals surface area contributed by atoms with Gasteiger partial charge in [0.15, 0.2) is 0 Å². The van der Waals surface area contributed by atoms with Gasteiger partial charge in [0.05, 0.1) is 0 Å². The summed E-state index contributed by atoms with van der Waals surface area (Å²) < 4.78 is 0. The van der Waals surface area contributed by atoms with E-state index in [-0.39, 0.29) is 23.9 Å². The largest absolute Gasteiger partial charge is 0.304 e. The minimum Gasteiger partial charge on any atom is -0.304 e. The molecule has 30 heavy (non-hydrogen) atoms. The van der Waals surface area contributed by atoms with E-state index >= 15 is 0 Å². The number of carbonyl (C=O) groups is 2. The van der Waals surface area contributed by atoms with Crippen LogP contribution in [0.25, 0.3) is 0 Å². The molecule has 0 bridgehead atoms. The van der Waals surface area contributed by atoms with E-state index in [4.69, 9.17) is 0 Å². The van der Waals surface area contributed by atoms with Crippen molar-refractivity contribution in [2.45, 2.75) is 38.8 Å². The van der Waals surface area contributed by atoms with Gasteiger partial charge in [0.25, 0.3) is 11.8 Å². The van der Waals surface area contributed by atoms with E-state index in [2.05, 4.69) is 17.1 Å². The first-order chi connectivity index (χ1) is 14.5. The topological polar surface area (TPSA) is 53.5 Å². The van der Waals surface area contributed by atoms with E-state index in [9.17, 15) is 9.59 Å². The number of nitrogens with zero attached hydrogens (tertiary/aromatic N) is 3. The maximum absolute atomic E-state index is 13.3. The average molecular weight is 397 g/mol. The van der Waals surface area contributed by atoms with E-state index in [0.29, 0.717) is 11.4 Å². The summed E-state index contributed by atoms with van der Waals surface area (Å²) in [5.41, 5.74) is 4.77. The highest BCUT2D eigenvalue weighted by Crippen LogP contribution is 2.34. The molecule has 0 fully saturated rings. The van der Waals surface area contributed by atoms with Crippen LogP contribution in [0.5, 0.6) is 0 Å². The third-order valence-corrected chi connectivity index (χ3v) is 6.04. The quantitative estimate of drug-likeness (QED) is 0.649. The predicted octanol–water partition coefficient (Wildman–Crippen LogP) is 4.26. The summed E-state index contributed by atoms with van der Waals surface area (Å²) in [6.07, 6.45) is 1.64. The molecular weight excluding hydrogens is 374 g/mol. The van der Waals surface area contributed by atoms with Crippen LogP contribution >= 0.6 is 0 Å². The second-order valence-electron chi connectivity index (χ2n) is 8.12. The number of hydrogen-bond donors (Lipinski definition) is 0. The summed E-state index contributed by atoms with van der Waals surface area (Å²) in [4.78, 5) is 34.7. The first kappa shape index (κ1) is 18.6. The second-order valence-corrected chi connectivity index (χ2v) is 8.12. The van der Waals surface area contributed by atoms with Gasteiger partial charge in [0.1, 0.15) is 11.4 Å². The Morgan fingerprint density at radius 1 is 0.700 bits per heavy atom. The molecule has 5 heteroatoms. The zero-order valence-corrected chi connectivity index (χ0v) is 17.1. The Morgan fingerprint density at radius 2 is 1.13 bits per heavy atom. The van der Waals surface area contributed by atoms with Gasteiger partial charge < -0.3 is 9.80 Å². The highest BCUT2D eigenvalue weighted by atomic mass is 16.2. The van der Waals surface area contributed by atoms with Crippen molar-refractivity contribution < 1.29 is 9.59 Å². The number of amides is 2. The molecule has 0 N–H and O–H groups in total. The molecule has 2 atom stereocenters. The molecule has 1 aromatic heterocycles. The molecule has 2 amide bonds. The van der Waals surface area contributed by atoms with Crippen molar-refractivity contribution in [1.82, 2.24) is 4.98 Å². The number of aromatic nitrogens is 1. The lowest BCUT2D eigenvalue weighted by Crippen LogP contribution is -2.38. The summed E-state index contributed by atoms with van der Waals surface area (Å²) in [6.45, 7) is 4.07. The fourth-order valence-corrected chi connectivity index (χ4v) is 4.67. The summed E-state index contributed by atoms with van der Waals surface area (Å²) in [6, 6.07) is 21.1. The predicted molar refractivity (Wildman–Crippen MR) is 117 cm³/mol. The van der Waals surface area contributed by atoms with E-state index in [1.54, 1.807) is 28.0 Å². The molecule has 5 rings (SSSR count). The van der Waals surface area contributed by atoms with Crippen molar-refractivity contribution in [2.24, 2.45) is 0 Å². The van der Waals surface area contributed by atoms with Gasteiger partial charge in [-0.2, -0.15) is 0 Å². The molecule has 5 nitrogen and oxygen atoms in total. The molecule has 0 spiro atoms. The third-order valence-electron chi connectivity index (χ3n) is 6.04. The summed E-state index contributed by atoms with van der Waals surface area (Å²) in [5.74, 6) is -0.339. The van der Waals surface area contributed by atoms with Gasteiger partial charge in [0, 0.05) is 23.5 Å². The molecule has 2 aliphatic heterocycles. The highest BCUT2D eigenvalue weighted by Gasteiger charge is 2.34. The Labute approximate surface area is 176 Å². The number of pyridine rings is 1. The third kappa shape index (κ3) is 2.89. The molecule has 3 aromatic rings. The Hall–Kier alpha value is -3.47. The van der Waals surface area contributed by atoms with Crippen LogP contribution in [0, 0.1) is 0 Å². The van der Waals surface area contributed by atoms with Crippen molar-refractivity contribution in [3.8, 4) is 0 Å². The number of carbonyl (C=O) groups excluding carboxylic acids is 2. The number of benzene rings is 2. The van der Waals surface area contributed by atoms with Crippen LogP contribution in [0.2, 0.25) is 0 Å². The van der Waals surface area contributed by atoms with Gasteiger partial charge in [-0.25, -0.2) is 4.98 Å². The SMILES string of the molecule is C[C@@H]1Cc2ccccc2N1C(=O)c1cccc(C(=O)N2c3ccccc3C[C@@H]2C)n1. The lowest BCUT2D eigenvalue weighted by molar-refractivity contribution is 0.0972. The molecule has 3 heterocycles. The molecule has 0 unspecified atom stereocenters. The summed E-state index contributed by atoms with van der Waals surface area (Å²) in [7, 11) is 0. The van der Waals surface area contributed by atoms with Crippen LogP contribution in [0.4, 0.5) is 11.4 Å². The van der Waals surface area contributed by atoms with E-state index < -0.39 is 0 Å². The summed E-state index contributed by atoms with van der Waals surface area (Å²) >= 11 is 0. The highest BCUT2D eigenvalue weighted by molar-refractivity contribution is 6.09. The number of para-hydroxylation sites is 2. The first-order valence-electron chi connectivity index (χ1n) is 10.3. The zero-order valence-electron chi connectivity index (χ0n) is 17.1. The molecule has 2 aliphatic rings. The number of hydrogen-bond acceptors (Lipinski definition) is 3. The van der Waals surface area contributed by atoms with Gasteiger partial charge in [-0.05, 0) is 62.1 Å². The van der Waals surface area contributed by atoms with Crippen molar-refractivity contribution in [3.63, 3.8) is 0 Å². The average Bonchev–Trinajstić information content (AvgIpc) is 3.28. The molecule has 0 radical (unpaired) electrons. The van der Waals surface area contributed by atoms with Crippen LogP contribution < -0.4 is 9.80 Å². The minimum atomic E-state index is -0.169. The Morgan fingerprint density at radius 3 is 1.60 bits per heavy atom. The fraction of sp³-hybridized carbons (Fsp3) is 0.240. The van der Waals surface area contributed by atoms with E-state index in [1.807, 2.05) is 50.2 Å². The van der Waals surface area contributed by atoms with Gasteiger partial charge in [-0.1, -0.05) is 42.5 Å². The number of fused-ring (bicyclic) bond motifs is 2. The Balaban J connectivity index is 1.47. The fourth-order valence-electron chi connectivity index (χ4n) is 4.67. The van der Waals surface area contributed by atoms with Crippen molar-refractivity contribution in [3.05, 3.63) is 89.2 Å². The van der Waals surface area contributed by atoms with Gasteiger partial charge in [0.2, 0.25) is 0 Å². The molecule has 0 saturated carbocycles. The van der Waals surface area contributed by atoms with E-state index in [1.165, 1.54) is 0 Å². The minimum absolute atomic E-state index is 0.0570.